The van der Waals surface area contributed by atoms with Gasteiger partial charge in [0.1, 0.15) is 11.5 Å². The molecule has 1 aliphatic heterocycles. The van der Waals surface area contributed by atoms with E-state index in [2.05, 4.69) is 11.1 Å². The Morgan fingerprint density at radius 3 is 2.52 bits per heavy atom. The van der Waals surface area contributed by atoms with Crippen molar-refractivity contribution in [3.8, 4) is 17.3 Å². The highest BCUT2D eigenvalue weighted by atomic mass is 16.5. The number of ether oxygens (including phenoxy) is 2. The normalized spacial score (nSPS) is 16.6. The van der Waals surface area contributed by atoms with Crippen LogP contribution in [0.5, 0.6) is 0 Å². The van der Waals surface area contributed by atoms with E-state index in [0.29, 0.717) is 22.7 Å². The van der Waals surface area contributed by atoms with Crippen LogP contribution in [0, 0.1) is 11.3 Å². The molecule has 0 aliphatic carbocycles. The van der Waals surface area contributed by atoms with Crippen LogP contribution in [0.15, 0.2) is 71.3 Å². The molecule has 0 saturated carbocycles. The van der Waals surface area contributed by atoms with E-state index in [4.69, 9.17) is 9.47 Å². The van der Waals surface area contributed by atoms with Crippen LogP contribution in [0.4, 0.5) is 0 Å². The van der Waals surface area contributed by atoms with Crippen molar-refractivity contribution in [2.24, 2.45) is 0 Å². The first-order valence-corrected chi connectivity index (χ1v) is 8.74. The molecule has 1 aromatic heterocycles. The van der Waals surface area contributed by atoms with Gasteiger partial charge in [-0.15, -0.1) is 0 Å². The number of benzene rings is 1. The zero-order valence-electron chi connectivity index (χ0n) is 15.5. The van der Waals surface area contributed by atoms with Gasteiger partial charge in [-0.3, -0.25) is 4.98 Å². The number of hydrogen-bond acceptors (Lipinski definition) is 5. The number of allylic oxidation sites excluding steroid dienone is 3. The summed E-state index contributed by atoms with van der Waals surface area (Å²) in [6.45, 7) is 5.46. The minimum atomic E-state index is -0.513. The summed E-state index contributed by atoms with van der Waals surface area (Å²) in [6.07, 6.45) is 1.74. The SMILES string of the molecule is CCOC(=O)C1=C(C)OC(C)=C(C#N)C1c1ccc(-c2ccccn2)cc1. The number of carbonyl (C=O) groups excluding carboxylic acids is 1. The maximum Gasteiger partial charge on any atom is 0.338 e. The zero-order valence-corrected chi connectivity index (χ0v) is 15.5. The first-order valence-electron chi connectivity index (χ1n) is 8.74. The second-order valence-corrected chi connectivity index (χ2v) is 6.14. The van der Waals surface area contributed by atoms with Crippen LogP contribution in [0.2, 0.25) is 0 Å². The molecular weight excluding hydrogens is 340 g/mol. The van der Waals surface area contributed by atoms with Crippen molar-refractivity contribution in [3.05, 3.63) is 76.9 Å². The third-order valence-corrected chi connectivity index (χ3v) is 4.46. The number of carbonyl (C=O) groups is 1. The molecule has 1 atom stereocenters. The van der Waals surface area contributed by atoms with Crippen molar-refractivity contribution in [3.63, 3.8) is 0 Å². The summed E-state index contributed by atoms with van der Waals surface area (Å²) >= 11 is 0. The third-order valence-electron chi connectivity index (χ3n) is 4.46. The maximum atomic E-state index is 12.5. The fourth-order valence-electron chi connectivity index (χ4n) is 3.22. The molecular formula is C22H20N2O3. The van der Waals surface area contributed by atoms with Gasteiger partial charge < -0.3 is 9.47 Å². The second-order valence-electron chi connectivity index (χ2n) is 6.14. The topological polar surface area (TPSA) is 72.2 Å². The van der Waals surface area contributed by atoms with Crippen LogP contribution in [-0.2, 0) is 14.3 Å². The van der Waals surface area contributed by atoms with Crippen molar-refractivity contribution >= 4 is 5.97 Å². The fourth-order valence-corrected chi connectivity index (χ4v) is 3.22. The highest BCUT2D eigenvalue weighted by Gasteiger charge is 2.35. The molecule has 2 aromatic rings. The lowest BCUT2D eigenvalue weighted by Crippen LogP contribution is -2.22. The summed E-state index contributed by atoms with van der Waals surface area (Å²) in [5.41, 5.74) is 3.43. The van der Waals surface area contributed by atoms with Gasteiger partial charge in [0.05, 0.1) is 35.4 Å². The van der Waals surface area contributed by atoms with E-state index < -0.39 is 11.9 Å². The minimum Gasteiger partial charge on any atom is -0.465 e. The van der Waals surface area contributed by atoms with Gasteiger partial charge in [-0.05, 0) is 38.5 Å². The molecule has 0 bridgehead atoms. The van der Waals surface area contributed by atoms with E-state index in [1.54, 1.807) is 27.0 Å². The number of rotatable bonds is 4. The molecule has 136 valence electrons. The molecule has 0 N–H and O–H groups in total. The molecule has 2 heterocycles. The monoisotopic (exact) mass is 360 g/mol. The summed E-state index contributed by atoms with van der Waals surface area (Å²) < 4.78 is 10.8. The Hall–Kier alpha value is -3.39. The lowest BCUT2D eigenvalue weighted by Gasteiger charge is -2.27. The Morgan fingerprint density at radius 2 is 1.93 bits per heavy atom. The zero-order chi connectivity index (χ0) is 19.4. The molecule has 5 nitrogen and oxygen atoms in total. The van der Waals surface area contributed by atoms with Crippen LogP contribution < -0.4 is 0 Å². The van der Waals surface area contributed by atoms with E-state index in [0.717, 1.165) is 16.8 Å². The third kappa shape index (κ3) is 3.61. The quantitative estimate of drug-likeness (QED) is 0.751. The van der Waals surface area contributed by atoms with Gasteiger partial charge in [0.2, 0.25) is 0 Å². The van der Waals surface area contributed by atoms with Crippen LogP contribution in [0.25, 0.3) is 11.3 Å². The molecule has 0 radical (unpaired) electrons. The Morgan fingerprint density at radius 1 is 1.19 bits per heavy atom. The summed E-state index contributed by atoms with van der Waals surface area (Å²) in [4.78, 5) is 16.9. The smallest absolute Gasteiger partial charge is 0.338 e. The molecule has 0 fully saturated rings. The van der Waals surface area contributed by atoms with Crippen LogP contribution in [-0.4, -0.2) is 17.6 Å². The van der Waals surface area contributed by atoms with Crippen molar-refractivity contribution in [1.29, 1.82) is 5.26 Å². The molecule has 0 saturated heterocycles. The molecule has 0 spiro atoms. The van der Waals surface area contributed by atoms with Crippen molar-refractivity contribution < 1.29 is 14.3 Å². The number of esters is 1. The number of nitrogens with zero attached hydrogens (tertiary/aromatic N) is 2. The fraction of sp³-hybridized carbons (Fsp3) is 0.227. The van der Waals surface area contributed by atoms with Crippen molar-refractivity contribution in [2.75, 3.05) is 6.61 Å². The summed E-state index contributed by atoms with van der Waals surface area (Å²) in [5.74, 6) is -0.0137. The first-order chi connectivity index (χ1) is 13.1. The summed E-state index contributed by atoms with van der Waals surface area (Å²) in [5, 5.41) is 9.67. The molecule has 27 heavy (non-hydrogen) atoms. The lowest BCUT2D eigenvalue weighted by atomic mass is 9.82. The molecule has 1 aromatic carbocycles. The average Bonchev–Trinajstić information content (AvgIpc) is 2.68. The van der Waals surface area contributed by atoms with Gasteiger partial charge in [0, 0.05) is 11.8 Å². The first kappa shape index (κ1) is 18.4. The number of nitriles is 1. The average molecular weight is 360 g/mol. The number of pyridine rings is 1. The Kier molecular flexibility index (Phi) is 5.37. The minimum absolute atomic E-state index is 0.255. The van der Waals surface area contributed by atoms with Crippen LogP contribution >= 0.6 is 0 Å². The summed E-state index contributed by atoms with van der Waals surface area (Å²) in [7, 11) is 0. The van der Waals surface area contributed by atoms with Gasteiger partial charge in [-0.1, -0.05) is 30.3 Å². The van der Waals surface area contributed by atoms with Gasteiger partial charge in [0.15, 0.2) is 0 Å². The predicted octanol–water partition coefficient (Wildman–Crippen LogP) is 4.50. The Balaban J connectivity index is 2.06. The maximum absolute atomic E-state index is 12.5. The van der Waals surface area contributed by atoms with Gasteiger partial charge >= 0.3 is 5.97 Å². The van der Waals surface area contributed by atoms with E-state index in [-0.39, 0.29) is 6.61 Å². The molecule has 3 rings (SSSR count). The number of aromatic nitrogens is 1. The Bertz CT molecular complexity index is 951. The van der Waals surface area contributed by atoms with E-state index in [1.165, 1.54) is 0 Å². The van der Waals surface area contributed by atoms with Crippen molar-refractivity contribution in [2.45, 2.75) is 26.7 Å². The predicted molar refractivity (Wildman–Crippen MR) is 101 cm³/mol. The Labute approximate surface area is 158 Å². The van der Waals surface area contributed by atoms with Crippen LogP contribution in [0.3, 0.4) is 0 Å². The van der Waals surface area contributed by atoms with Gasteiger partial charge in [-0.25, -0.2) is 4.79 Å². The largest absolute Gasteiger partial charge is 0.465 e. The molecule has 5 heteroatoms. The van der Waals surface area contributed by atoms with Gasteiger partial charge in [-0.2, -0.15) is 5.26 Å². The molecule has 1 unspecified atom stereocenters. The lowest BCUT2D eigenvalue weighted by molar-refractivity contribution is -0.139. The second kappa shape index (κ2) is 7.88. The van der Waals surface area contributed by atoms with E-state index in [9.17, 15) is 10.1 Å². The van der Waals surface area contributed by atoms with Crippen molar-refractivity contribution in [1.82, 2.24) is 4.98 Å². The van der Waals surface area contributed by atoms with Crippen LogP contribution in [0.1, 0.15) is 32.3 Å². The standard InChI is InChI=1S/C22H20N2O3/c1-4-26-22(25)20-15(3)27-14(2)18(13-23)21(20)17-10-8-16(9-11-17)19-7-5-6-12-24-19/h5-12,21H,4H2,1-3H3. The highest BCUT2D eigenvalue weighted by Crippen LogP contribution is 2.40. The highest BCUT2D eigenvalue weighted by molar-refractivity contribution is 5.92. The van der Waals surface area contributed by atoms with E-state index in [1.807, 2.05) is 42.5 Å². The van der Waals surface area contributed by atoms with Gasteiger partial charge in [0.25, 0.3) is 0 Å². The number of hydrogen-bond donors (Lipinski definition) is 0. The molecule has 0 amide bonds. The van der Waals surface area contributed by atoms with E-state index >= 15 is 0 Å². The summed E-state index contributed by atoms with van der Waals surface area (Å²) in [6, 6.07) is 15.6. The molecule has 1 aliphatic rings.